The second-order valence-electron chi connectivity index (χ2n) is 2.01. The molecule has 0 fully saturated rings. The summed E-state index contributed by atoms with van der Waals surface area (Å²) in [7, 11) is 0. The molecular formula is C7H17NS. The molecule has 0 bridgehead atoms. The normalized spacial score (nSPS) is 10.0. The molecule has 9 heavy (non-hydrogen) atoms. The van der Waals surface area contributed by atoms with Crippen LogP contribution < -0.4 is 5.32 Å². The third kappa shape index (κ3) is 8.31. The van der Waals surface area contributed by atoms with Gasteiger partial charge in [0.1, 0.15) is 0 Å². The number of thioether (sulfide) groups is 1. The van der Waals surface area contributed by atoms with E-state index in [9.17, 15) is 0 Å². The fourth-order valence-corrected chi connectivity index (χ4v) is 1.48. The van der Waals surface area contributed by atoms with Crippen molar-refractivity contribution in [1.82, 2.24) is 5.32 Å². The van der Waals surface area contributed by atoms with Crippen molar-refractivity contribution in [2.75, 3.05) is 18.2 Å². The molecule has 0 aliphatic carbocycles. The number of nitrogens with one attached hydrogen (secondary N) is 1. The van der Waals surface area contributed by atoms with Gasteiger partial charge in [-0.2, -0.15) is 0 Å². The van der Waals surface area contributed by atoms with Crippen LogP contribution in [0.5, 0.6) is 0 Å². The van der Waals surface area contributed by atoms with E-state index in [1.54, 1.807) is 0 Å². The summed E-state index contributed by atoms with van der Waals surface area (Å²) in [6.07, 6.45) is 2.68. The van der Waals surface area contributed by atoms with Crippen LogP contribution in [0.15, 0.2) is 0 Å². The summed E-state index contributed by atoms with van der Waals surface area (Å²) in [6, 6.07) is 0. The average Bonchev–Trinajstić information content (AvgIpc) is 1.89. The van der Waals surface area contributed by atoms with Gasteiger partial charge in [-0.05, 0) is 18.7 Å². The zero-order valence-electron chi connectivity index (χ0n) is 6.44. The largest absolute Gasteiger partial charge is 0.308 e. The van der Waals surface area contributed by atoms with Gasteiger partial charge in [-0.25, -0.2) is 0 Å². The lowest BCUT2D eigenvalue weighted by atomic mass is 10.4. The number of hydrogen-bond acceptors (Lipinski definition) is 2. The van der Waals surface area contributed by atoms with Crippen LogP contribution in [0.4, 0.5) is 0 Å². The summed E-state index contributed by atoms with van der Waals surface area (Å²) in [5.41, 5.74) is 0. The zero-order valence-corrected chi connectivity index (χ0v) is 7.26. The molecular weight excluding hydrogens is 130 g/mol. The molecule has 1 nitrogen and oxygen atoms in total. The van der Waals surface area contributed by atoms with Crippen molar-refractivity contribution in [1.29, 1.82) is 0 Å². The first-order valence-electron chi connectivity index (χ1n) is 3.70. The Morgan fingerprint density at radius 1 is 1.33 bits per heavy atom. The first-order chi connectivity index (χ1) is 4.41. The van der Waals surface area contributed by atoms with Crippen molar-refractivity contribution in [2.24, 2.45) is 0 Å². The van der Waals surface area contributed by atoms with Crippen LogP contribution in [-0.4, -0.2) is 18.2 Å². The van der Waals surface area contributed by atoms with Crippen molar-refractivity contribution >= 4 is 11.8 Å². The van der Waals surface area contributed by atoms with Crippen LogP contribution in [-0.2, 0) is 0 Å². The highest BCUT2D eigenvalue weighted by atomic mass is 32.2. The molecule has 0 aromatic carbocycles. The van der Waals surface area contributed by atoms with Crippen molar-refractivity contribution in [3.8, 4) is 0 Å². The summed E-state index contributed by atoms with van der Waals surface area (Å²) < 4.78 is 0. The molecule has 0 rings (SSSR count). The lowest BCUT2D eigenvalue weighted by Gasteiger charge is -1.98. The Balaban J connectivity index is 2.60. The maximum absolute atomic E-state index is 3.27. The third-order valence-corrected chi connectivity index (χ3v) is 2.08. The molecule has 0 aliphatic rings. The van der Waals surface area contributed by atoms with Gasteiger partial charge in [0.15, 0.2) is 0 Å². The van der Waals surface area contributed by atoms with E-state index in [1.807, 2.05) is 11.8 Å². The molecule has 2 heteroatoms. The maximum atomic E-state index is 3.27. The summed E-state index contributed by atoms with van der Waals surface area (Å²) in [5.74, 6) is 2.43. The van der Waals surface area contributed by atoms with Gasteiger partial charge in [0.05, 0.1) is 0 Å². The average molecular weight is 147 g/mol. The Bertz CT molecular complexity index is 42.2. The third-order valence-electron chi connectivity index (χ3n) is 1.10. The molecule has 0 atom stereocenters. The number of hydrogen-bond donors (Lipinski definition) is 1. The van der Waals surface area contributed by atoms with Crippen LogP contribution in [0.25, 0.3) is 0 Å². The number of rotatable bonds is 6. The Morgan fingerprint density at radius 3 is 2.67 bits per heavy atom. The van der Waals surface area contributed by atoms with Crippen molar-refractivity contribution < 1.29 is 0 Å². The minimum absolute atomic E-state index is 1.10. The molecule has 0 saturated heterocycles. The molecule has 1 N–H and O–H groups in total. The highest BCUT2D eigenvalue weighted by Crippen LogP contribution is 2.00. The van der Waals surface area contributed by atoms with E-state index in [1.165, 1.54) is 18.6 Å². The smallest absolute Gasteiger partial charge is 0.0417 e. The van der Waals surface area contributed by atoms with Crippen LogP contribution in [0, 0.1) is 0 Å². The van der Waals surface area contributed by atoms with Gasteiger partial charge in [0.25, 0.3) is 0 Å². The number of unbranched alkanes of at least 4 members (excludes halogenated alkanes) is 1. The quantitative estimate of drug-likeness (QED) is 0.456. The van der Waals surface area contributed by atoms with Crippen molar-refractivity contribution in [3.63, 3.8) is 0 Å². The Kier molecular flexibility index (Phi) is 8.60. The predicted octanol–water partition coefficient (Wildman–Crippen LogP) is 2.09. The molecule has 0 aromatic rings. The van der Waals surface area contributed by atoms with Gasteiger partial charge >= 0.3 is 0 Å². The molecule has 0 radical (unpaired) electrons. The fraction of sp³-hybridized carbons (Fsp3) is 1.00. The minimum atomic E-state index is 1.10. The van der Waals surface area contributed by atoms with E-state index in [-0.39, 0.29) is 0 Å². The highest BCUT2D eigenvalue weighted by molar-refractivity contribution is 7.99. The van der Waals surface area contributed by atoms with E-state index in [0.29, 0.717) is 0 Å². The first kappa shape index (κ1) is 9.31. The zero-order chi connectivity index (χ0) is 6.95. The van der Waals surface area contributed by atoms with Crippen LogP contribution in [0.2, 0.25) is 0 Å². The lowest BCUT2D eigenvalue weighted by Crippen LogP contribution is -2.11. The molecule has 0 heterocycles. The van der Waals surface area contributed by atoms with E-state index >= 15 is 0 Å². The fourth-order valence-electron chi connectivity index (χ4n) is 0.493. The van der Waals surface area contributed by atoms with Crippen LogP contribution >= 0.6 is 11.8 Å². The molecule has 56 valence electrons. The Labute approximate surface area is 62.6 Å². The topological polar surface area (TPSA) is 12.0 Å². The summed E-state index contributed by atoms with van der Waals surface area (Å²) >= 11 is 1.99. The summed E-state index contributed by atoms with van der Waals surface area (Å²) in [4.78, 5) is 0. The molecule has 0 aliphatic heterocycles. The summed E-state index contributed by atoms with van der Waals surface area (Å²) in [6.45, 7) is 5.47. The molecule has 0 spiro atoms. The van der Waals surface area contributed by atoms with Gasteiger partial charge in [0.2, 0.25) is 0 Å². The van der Waals surface area contributed by atoms with E-state index in [4.69, 9.17) is 0 Å². The van der Waals surface area contributed by atoms with E-state index in [0.717, 1.165) is 12.4 Å². The molecule has 0 unspecified atom stereocenters. The van der Waals surface area contributed by atoms with Gasteiger partial charge in [-0.1, -0.05) is 20.3 Å². The highest BCUT2D eigenvalue weighted by Gasteiger charge is 1.84. The maximum Gasteiger partial charge on any atom is 0.0417 e. The Hall–Kier alpha value is 0.310. The van der Waals surface area contributed by atoms with E-state index < -0.39 is 0 Å². The van der Waals surface area contributed by atoms with Crippen molar-refractivity contribution in [3.05, 3.63) is 0 Å². The van der Waals surface area contributed by atoms with Crippen LogP contribution in [0.3, 0.4) is 0 Å². The van der Waals surface area contributed by atoms with Crippen LogP contribution in [0.1, 0.15) is 26.7 Å². The Morgan fingerprint density at radius 2 is 2.11 bits per heavy atom. The molecule has 0 saturated carbocycles. The predicted molar refractivity (Wildman–Crippen MR) is 45.9 cm³/mol. The van der Waals surface area contributed by atoms with Gasteiger partial charge in [-0.3, -0.25) is 0 Å². The minimum Gasteiger partial charge on any atom is -0.308 e. The summed E-state index contributed by atoms with van der Waals surface area (Å²) in [5, 5.41) is 3.27. The van der Waals surface area contributed by atoms with Gasteiger partial charge in [0, 0.05) is 5.88 Å². The standard InChI is InChI=1S/C7H17NS/c1-3-5-6-9-7-8-4-2/h8H,3-7H2,1-2H3. The van der Waals surface area contributed by atoms with Gasteiger partial charge < -0.3 is 5.32 Å². The SMILES string of the molecule is CCCCSCNCC. The van der Waals surface area contributed by atoms with Gasteiger partial charge in [-0.15, -0.1) is 11.8 Å². The van der Waals surface area contributed by atoms with Crippen molar-refractivity contribution in [2.45, 2.75) is 26.7 Å². The molecule has 0 amide bonds. The second-order valence-corrected chi connectivity index (χ2v) is 3.11. The lowest BCUT2D eigenvalue weighted by molar-refractivity contribution is 0.834. The van der Waals surface area contributed by atoms with E-state index in [2.05, 4.69) is 19.2 Å². The second kappa shape index (κ2) is 8.31. The molecule has 0 aromatic heterocycles. The monoisotopic (exact) mass is 147 g/mol. The first-order valence-corrected chi connectivity index (χ1v) is 4.85.